The molecule has 0 aliphatic heterocycles. The topological polar surface area (TPSA) is 29.1 Å². The molecular formula is C16H15BrFNOS. The monoisotopic (exact) mass is 367 g/mol. The van der Waals surface area contributed by atoms with E-state index in [1.807, 2.05) is 25.1 Å². The number of rotatable bonds is 5. The van der Waals surface area contributed by atoms with Crippen molar-refractivity contribution >= 4 is 33.6 Å². The second-order valence-corrected chi connectivity index (χ2v) is 6.50. The zero-order chi connectivity index (χ0) is 15.2. The first-order valence-corrected chi connectivity index (χ1v) is 8.23. The molecule has 0 fully saturated rings. The van der Waals surface area contributed by atoms with Crippen LogP contribution < -0.4 is 5.32 Å². The van der Waals surface area contributed by atoms with Crippen LogP contribution >= 0.6 is 27.7 Å². The van der Waals surface area contributed by atoms with Crippen LogP contribution in [0.5, 0.6) is 0 Å². The molecule has 21 heavy (non-hydrogen) atoms. The summed E-state index contributed by atoms with van der Waals surface area (Å²) in [7, 11) is 0. The van der Waals surface area contributed by atoms with Crippen LogP contribution in [-0.4, -0.2) is 11.7 Å². The minimum atomic E-state index is -0.297. The van der Waals surface area contributed by atoms with Crippen LogP contribution in [0.15, 0.2) is 51.8 Å². The highest BCUT2D eigenvalue weighted by molar-refractivity contribution is 9.10. The summed E-state index contributed by atoms with van der Waals surface area (Å²) in [4.78, 5) is 12.9. The van der Waals surface area contributed by atoms with E-state index < -0.39 is 0 Å². The second kappa shape index (κ2) is 7.61. The van der Waals surface area contributed by atoms with E-state index in [9.17, 15) is 9.18 Å². The molecule has 0 heterocycles. The van der Waals surface area contributed by atoms with Crippen LogP contribution in [0.3, 0.4) is 0 Å². The second-order valence-electron chi connectivity index (χ2n) is 4.57. The molecule has 0 aliphatic rings. The Morgan fingerprint density at radius 2 is 2.05 bits per heavy atom. The van der Waals surface area contributed by atoms with Crippen molar-refractivity contribution in [3.63, 3.8) is 0 Å². The molecule has 0 spiro atoms. The predicted molar refractivity (Wildman–Crippen MR) is 87.8 cm³/mol. The summed E-state index contributed by atoms with van der Waals surface area (Å²) in [6.45, 7) is 2.22. The summed E-state index contributed by atoms with van der Waals surface area (Å²) in [5.41, 5.74) is 1.62. The molecule has 5 heteroatoms. The Balaban J connectivity index is 1.84. The van der Waals surface area contributed by atoms with Crippen molar-refractivity contribution < 1.29 is 9.18 Å². The molecule has 0 saturated heterocycles. The van der Waals surface area contributed by atoms with Gasteiger partial charge in [0, 0.05) is 21.5 Å². The maximum absolute atomic E-state index is 13.4. The van der Waals surface area contributed by atoms with Crippen molar-refractivity contribution in [1.29, 1.82) is 0 Å². The van der Waals surface area contributed by atoms with E-state index >= 15 is 0 Å². The molecule has 2 aromatic rings. The standard InChI is InChI=1S/C16H15BrFNOS/c1-11-8-13(17)6-7-15(11)21-10-16(20)19-9-12-4-2-3-5-14(12)18/h2-8H,9-10H2,1H3,(H,19,20). The fraction of sp³-hybridized carbons (Fsp3) is 0.188. The third kappa shape index (κ3) is 4.86. The quantitative estimate of drug-likeness (QED) is 0.797. The lowest BCUT2D eigenvalue weighted by Crippen LogP contribution is -2.25. The van der Waals surface area contributed by atoms with E-state index in [2.05, 4.69) is 21.2 Å². The van der Waals surface area contributed by atoms with Gasteiger partial charge in [0.05, 0.1) is 5.75 Å². The van der Waals surface area contributed by atoms with E-state index in [4.69, 9.17) is 0 Å². The first-order valence-electron chi connectivity index (χ1n) is 6.45. The van der Waals surface area contributed by atoms with E-state index in [0.717, 1.165) is 14.9 Å². The molecule has 0 bridgehead atoms. The fourth-order valence-corrected chi connectivity index (χ4v) is 3.12. The lowest BCUT2D eigenvalue weighted by Gasteiger charge is -2.08. The van der Waals surface area contributed by atoms with E-state index in [0.29, 0.717) is 11.3 Å². The Bertz CT molecular complexity index is 648. The van der Waals surface area contributed by atoms with Gasteiger partial charge in [0.1, 0.15) is 5.82 Å². The van der Waals surface area contributed by atoms with E-state index in [1.54, 1.807) is 18.2 Å². The average molecular weight is 368 g/mol. The van der Waals surface area contributed by atoms with Gasteiger partial charge in [-0.2, -0.15) is 0 Å². The first kappa shape index (κ1) is 16.0. The predicted octanol–water partition coefficient (Wildman–Crippen LogP) is 4.31. The molecule has 0 saturated carbocycles. The van der Waals surface area contributed by atoms with Gasteiger partial charge < -0.3 is 5.32 Å². The molecule has 0 atom stereocenters. The van der Waals surface area contributed by atoms with Gasteiger partial charge in [0.2, 0.25) is 5.91 Å². The van der Waals surface area contributed by atoms with E-state index in [1.165, 1.54) is 17.8 Å². The number of carbonyl (C=O) groups is 1. The Kier molecular flexibility index (Phi) is 5.82. The van der Waals surface area contributed by atoms with Crippen LogP contribution in [0, 0.1) is 12.7 Å². The Morgan fingerprint density at radius 1 is 1.29 bits per heavy atom. The molecule has 2 aromatic carbocycles. The third-order valence-corrected chi connectivity index (χ3v) is 4.60. The minimum absolute atomic E-state index is 0.106. The average Bonchev–Trinajstić information content (AvgIpc) is 2.45. The molecule has 2 nitrogen and oxygen atoms in total. The number of hydrogen-bond donors (Lipinski definition) is 1. The van der Waals surface area contributed by atoms with Crippen molar-refractivity contribution in [3.05, 3.63) is 63.9 Å². The maximum Gasteiger partial charge on any atom is 0.230 e. The number of hydrogen-bond acceptors (Lipinski definition) is 2. The minimum Gasteiger partial charge on any atom is -0.351 e. The molecule has 1 amide bonds. The number of amides is 1. The summed E-state index contributed by atoms with van der Waals surface area (Å²) in [6.07, 6.45) is 0. The largest absolute Gasteiger partial charge is 0.351 e. The van der Waals surface area contributed by atoms with Crippen LogP contribution in [0.4, 0.5) is 4.39 Å². The number of carbonyl (C=O) groups excluding carboxylic acids is 1. The summed E-state index contributed by atoms with van der Waals surface area (Å²) in [6, 6.07) is 12.4. The van der Waals surface area contributed by atoms with Crippen LogP contribution in [0.25, 0.3) is 0 Å². The Morgan fingerprint density at radius 3 is 2.76 bits per heavy atom. The van der Waals surface area contributed by atoms with Gasteiger partial charge in [0.25, 0.3) is 0 Å². The Hall–Kier alpha value is -1.33. The third-order valence-electron chi connectivity index (χ3n) is 2.93. The molecule has 2 rings (SSSR count). The summed E-state index contributed by atoms with van der Waals surface area (Å²) in [5.74, 6) is -0.0866. The van der Waals surface area contributed by atoms with Crippen LogP contribution in [0.2, 0.25) is 0 Å². The van der Waals surface area contributed by atoms with Crippen molar-refractivity contribution in [3.8, 4) is 0 Å². The number of benzene rings is 2. The van der Waals surface area contributed by atoms with Crippen molar-refractivity contribution in [1.82, 2.24) is 5.32 Å². The highest BCUT2D eigenvalue weighted by atomic mass is 79.9. The van der Waals surface area contributed by atoms with Gasteiger partial charge in [-0.15, -0.1) is 11.8 Å². The lowest BCUT2D eigenvalue weighted by atomic mass is 10.2. The SMILES string of the molecule is Cc1cc(Br)ccc1SCC(=O)NCc1ccccc1F. The molecular weight excluding hydrogens is 353 g/mol. The maximum atomic E-state index is 13.4. The number of thioether (sulfide) groups is 1. The number of halogens is 2. The highest BCUT2D eigenvalue weighted by Crippen LogP contribution is 2.25. The first-order chi connectivity index (χ1) is 10.1. The van der Waals surface area contributed by atoms with Crippen LogP contribution in [0.1, 0.15) is 11.1 Å². The zero-order valence-corrected chi connectivity index (χ0v) is 13.9. The lowest BCUT2D eigenvalue weighted by molar-refractivity contribution is -0.118. The highest BCUT2D eigenvalue weighted by Gasteiger charge is 2.07. The van der Waals surface area contributed by atoms with Gasteiger partial charge in [-0.3, -0.25) is 4.79 Å². The molecule has 0 aliphatic carbocycles. The molecule has 0 radical (unpaired) electrons. The number of nitrogens with one attached hydrogen (secondary N) is 1. The van der Waals surface area contributed by atoms with Gasteiger partial charge in [-0.1, -0.05) is 34.1 Å². The fourth-order valence-electron chi connectivity index (χ4n) is 1.80. The molecule has 1 N–H and O–H groups in total. The van der Waals surface area contributed by atoms with Gasteiger partial charge >= 0.3 is 0 Å². The molecule has 0 aromatic heterocycles. The molecule has 110 valence electrons. The normalized spacial score (nSPS) is 10.4. The summed E-state index contributed by atoms with van der Waals surface area (Å²) >= 11 is 4.89. The smallest absolute Gasteiger partial charge is 0.230 e. The zero-order valence-electron chi connectivity index (χ0n) is 11.5. The van der Waals surface area contributed by atoms with Gasteiger partial charge in [0.15, 0.2) is 0 Å². The number of aryl methyl sites for hydroxylation is 1. The van der Waals surface area contributed by atoms with E-state index in [-0.39, 0.29) is 18.3 Å². The van der Waals surface area contributed by atoms with Gasteiger partial charge in [-0.25, -0.2) is 4.39 Å². The van der Waals surface area contributed by atoms with Crippen molar-refractivity contribution in [2.45, 2.75) is 18.4 Å². The molecule has 0 unspecified atom stereocenters. The van der Waals surface area contributed by atoms with Gasteiger partial charge in [-0.05, 0) is 36.8 Å². The summed E-state index contributed by atoms with van der Waals surface area (Å²) in [5, 5.41) is 2.73. The van der Waals surface area contributed by atoms with Crippen molar-refractivity contribution in [2.24, 2.45) is 0 Å². The van der Waals surface area contributed by atoms with Crippen LogP contribution in [-0.2, 0) is 11.3 Å². The van der Waals surface area contributed by atoms with Crippen molar-refractivity contribution in [2.75, 3.05) is 5.75 Å². The Labute approximate surface area is 136 Å². The summed E-state index contributed by atoms with van der Waals surface area (Å²) < 4.78 is 14.4.